The Labute approximate surface area is 119 Å². The molecule has 1 aromatic heterocycles. The van der Waals surface area contributed by atoms with Gasteiger partial charge in [-0.25, -0.2) is 4.39 Å². The maximum atomic E-state index is 13.3. The highest BCUT2D eigenvalue weighted by atomic mass is 19.4. The summed E-state index contributed by atoms with van der Waals surface area (Å²) in [6.07, 6.45) is -2.36. The van der Waals surface area contributed by atoms with Crippen LogP contribution in [0.15, 0.2) is 30.5 Å². The molecule has 0 saturated heterocycles. The lowest BCUT2D eigenvalue weighted by molar-refractivity contribution is -0.138. The van der Waals surface area contributed by atoms with E-state index in [0.29, 0.717) is 18.3 Å². The minimum absolute atomic E-state index is 0.291. The van der Waals surface area contributed by atoms with Gasteiger partial charge in [0.15, 0.2) is 0 Å². The van der Waals surface area contributed by atoms with Crippen molar-refractivity contribution in [1.29, 1.82) is 0 Å². The second-order valence-electron chi connectivity index (χ2n) is 4.69. The van der Waals surface area contributed by atoms with Gasteiger partial charge in [-0.3, -0.25) is 4.68 Å². The molecule has 7 heteroatoms. The summed E-state index contributed by atoms with van der Waals surface area (Å²) in [5.41, 5.74) is 5.13. The van der Waals surface area contributed by atoms with Crippen LogP contribution in [0.2, 0.25) is 0 Å². The van der Waals surface area contributed by atoms with Crippen molar-refractivity contribution >= 4 is 0 Å². The first-order chi connectivity index (χ1) is 9.84. The first-order valence-corrected chi connectivity index (χ1v) is 6.48. The molecule has 1 heterocycles. The smallest absolute Gasteiger partial charge is 0.319 e. The molecule has 0 bridgehead atoms. The summed E-state index contributed by atoms with van der Waals surface area (Å²) in [4.78, 5) is 0. The number of alkyl halides is 3. The first-order valence-electron chi connectivity index (χ1n) is 6.48. The minimum atomic E-state index is -4.59. The van der Waals surface area contributed by atoms with Gasteiger partial charge in [0.1, 0.15) is 5.82 Å². The molecular formula is C14H15F4N3. The third-order valence-electron chi connectivity index (χ3n) is 3.16. The van der Waals surface area contributed by atoms with Crippen LogP contribution in [0.4, 0.5) is 17.6 Å². The Morgan fingerprint density at radius 2 is 2.00 bits per heavy atom. The number of benzene rings is 1. The molecule has 114 valence electrons. The van der Waals surface area contributed by atoms with E-state index in [-0.39, 0.29) is 5.56 Å². The second kappa shape index (κ2) is 5.85. The van der Waals surface area contributed by atoms with E-state index in [2.05, 4.69) is 5.10 Å². The van der Waals surface area contributed by atoms with Gasteiger partial charge in [-0.2, -0.15) is 18.3 Å². The molecule has 0 amide bonds. The summed E-state index contributed by atoms with van der Waals surface area (Å²) in [5, 5.41) is 4.03. The van der Waals surface area contributed by atoms with Gasteiger partial charge < -0.3 is 5.73 Å². The third-order valence-corrected chi connectivity index (χ3v) is 3.16. The van der Waals surface area contributed by atoms with E-state index in [1.54, 1.807) is 6.07 Å². The van der Waals surface area contributed by atoms with Crippen molar-refractivity contribution in [2.45, 2.75) is 32.1 Å². The predicted molar refractivity (Wildman–Crippen MR) is 70.0 cm³/mol. The summed E-state index contributed by atoms with van der Waals surface area (Å²) in [7, 11) is 0. The fraction of sp³-hybridized carbons (Fsp3) is 0.357. The Hall–Kier alpha value is -1.89. The number of aryl methyl sites for hydroxylation is 1. The molecule has 21 heavy (non-hydrogen) atoms. The quantitative estimate of drug-likeness (QED) is 0.878. The van der Waals surface area contributed by atoms with Crippen LogP contribution in [0.5, 0.6) is 0 Å². The third kappa shape index (κ3) is 3.24. The average molecular weight is 301 g/mol. The lowest BCUT2D eigenvalue weighted by Gasteiger charge is -2.19. The van der Waals surface area contributed by atoms with Gasteiger partial charge in [0, 0.05) is 12.7 Å². The molecule has 0 radical (unpaired) electrons. The molecule has 2 rings (SSSR count). The van der Waals surface area contributed by atoms with Crippen LogP contribution in [0.1, 0.15) is 36.2 Å². The predicted octanol–water partition coefficient (Wildman–Crippen LogP) is 3.50. The van der Waals surface area contributed by atoms with Gasteiger partial charge in [-0.15, -0.1) is 0 Å². The Kier molecular flexibility index (Phi) is 4.32. The van der Waals surface area contributed by atoms with E-state index >= 15 is 0 Å². The molecule has 2 N–H and O–H groups in total. The molecule has 0 fully saturated rings. The number of aromatic nitrogens is 2. The minimum Gasteiger partial charge on any atom is -0.319 e. The summed E-state index contributed by atoms with van der Waals surface area (Å²) in [6.45, 7) is 2.45. The highest BCUT2D eigenvalue weighted by Gasteiger charge is 2.35. The zero-order valence-electron chi connectivity index (χ0n) is 11.4. The Morgan fingerprint density at radius 1 is 1.29 bits per heavy atom. The number of hydrogen-bond acceptors (Lipinski definition) is 2. The van der Waals surface area contributed by atoms with Crippen LogP contribution < -0.4 is 5.73 Å². The number of rotatable bonds is 4. The van der Waals surface area contributed by atoms with Gasteiger partial charge in [-0.05, 0) is 36.2 Å². The summed E-state index contributed by atoms with van der Waals surface area (Å²) >= 11 is 0. The Balaban J connectivity index is 2.49. The van der Waals surface area contributed by atoms with Gasteiger partial charge in [0.25, 0.3) is 0 Å². The summed E-state index contributed by atoms with van der Waals surface area (Å²) < 4.78 is 54.0. The lowest BCUT2D eigenvalue weighted by atomic mass is 9.98. The van der Waals surface area contributed by atoms with E-state index in [0.717, 1.165) is 18.6 Å². The van der Waals surface area contributed by atoms with Crippen molar-refractivity contribution in [2.75, 3.05) is 0 Å². The van der Waals surface area contributed by atoms with Crippen LogP contribution in [0.3, 0.4) is 0 Å². The van der Waals surface area contributed by atoms with Crippen molar-refractivity contribution in [2.24, 2.45) is 5.73 Å². The molecule has 0 spiro atoms. The van der Waals surface area contributed by atoms with Crippen molar-refractivity contribution in [3.63, 3.8) is 0 Å². The zero-order chi connectivity index (χ0) is 15.6. The van der Waals surface area contributed by atoms with E-state index < -0.39 is 23.6 Å². The van der Waals surface area contributed by atoms with Crippen LogP contribution >= 0.6 is 0 Å². The van der Waals surface area contributed by atoms with E-state index in [1.165, 1.54) is 10.9 Å². The number of nitrogens with two attached hydrogens (primary N) is 1. The normalized spacial score (nSPS) is 13.4. The van der Waals surface area contributed by atoms with Crippen LogP contribution in [0, 0.1) is 5.82 Å². The zero-order valence-corrected chi connectivity index (χ0v) is 11.4. The fourth-order valence-corrected chi connectivity index (χ4v) is 2.21. The largest absolute Gasteiger partial charge is 0.416 e. The van der Waals surface area contributed by atoms with Crippen molar-refractivity contribution in [3.8, 4) is 0 Å². The van der Waals surface area contributed by atoms with Crippen molar-refractivity contribution in [3.05, 3.63) is 53.1 Å². The fourth-order valence-electron chi connectivity index (χ4n) is 2.21. The number of halogens is 4. The SMILES string of the molecule is CCCn1nccc1C(N)c1cc(F)ccc1C(F)(F)F. The number of hydrogen-bond donors (Lipinski definition) is 1. The first kappa shape index (κ1) is 15.5. The molecule has 3 nitrogen and oxygen atoms in total. The monoisotopic (exact) mass is 301 g/mol. The van der Waals surface area contributed by atoms with Gasteiger partial charge in [0.2, 0.25) is 0 Å². The van der Waals surface area contributed by atoms with E-state index in [4.69, 9.17) is 5.73 Å². The average Bonchev–Trinajstić information content (AvgIpc) is 2.85. The van der Waals surface area contributed by atoms with Crippen LogP contribution in [0.25, 0.3) is 0 Å². The standard InChI is InChI=1S/C14H15F4N3/c1-2-7-21-12(5-6-20-21)13(19)10-8-9(15)3-4-11(10)14(16,17)18/h3-6,8,13H,2,7,19H2,1H3. The van der Waals surface area contributed by atoms with Gasteiger partial charge in [0.05, 0.1) is 17.3 Å². The van der Waals surface area contributed by atoms with Crippen molar-refractivity contribution in [1.82, 2.24) is 9.78 Å². The lowest BCUT2D eigenvalue weighted by Crippen LogP contribution is -2.22. The molecule has 0 aliphatic heterocycles. The molecule has 0 aliphatic carbocycles. The molecule has 2 aromatic rings. The molecule has 1 unspecified atom stereocenters. The molecule has 1 atom stereocenters. The highest BCUT2D eigenvalue weighted by Crippen LogP contribution is 2.36. The van der Waals surface area contributed by atoms with Crippen LogP contribution in [-0.2, 0) is 12.7 Å². The summed E-state index contributed by atoms with van der Waals surface area (Å²) in [5.74, 6) is -0.755. The molecule has 0 aliphatic rings. The molecule has 1 aromatic carbocycles. The van der Waals surface area contributed by atoms with E-state index in [9.17, 15) is 17.6 Å². The highest BCUT2D eigenvalue weighted by molar-refractivity contribution is 5.37. The van der Waals surface area contributed by atoms with Gasteiger partial charge >= 0.3 is 6.18 Å². The maximum Gasteiger partial charge on any atom is 0.416 e. The topological polar surface area (TPSA) is 43.8 Å². The van der Waals surface area contributed by atoms with E-state index in [1.807, 2.05) is 6.92 Å². The van der Waals surface area contributed by atoms with Gasteiger partial charge in [-0.1, -0.05) is 6.92 Å². The van der Waals surface area contributed by atoms with Crippen LogP contribution in [-0.4, -0.2) is 9.78 Å². The number of nitrogens with zero attached hydrogens (tertiary/aromatic N) is 2. The summed E-state index contributed by atoms with van der Waals surface area (Å²) in [6, 6.07) is 2.78. The maximum absolute atomic E-state index is 13.3. The Morgan fingerprint density at radius 3 is 2.62 bits per heavy atom. The molecular weight excluding hydrogens is 286 g/mol. The molecule has 0 saturated carbocycles. The van der Waals surface area contributed by atoms with Crippen molar-refractivity contribution < 1.29 is 17.6 Å². The Bertz CT molecular complexity index is 619. The second-order valence-corrected chi connectivity index (χ2v) is 4.69.